The minimum Gasteiger partial charge on any atom is -0.368 e. The van der Waals surface area contributed by atoms with Gasteiger partial charge in [0.25, 0.3) is 5.91 Å². The molecule has 1 aliphatic rings. The van der Waals surface area contributed by atoms with Gasteiger partial charge in [-0.05, 0) is 40.2 Å². The van der Waals surface area contributed by atoms with Crippen LogP contribution in [0.1, 0.15) is 10.4 Å². The van der Waals surface area contributed by atoms with Crippen LogP contribution >= 0.6 is 15.9 Å². The minimum absolute atomic E-state index is 0.0581. The molecule has 1 fully saturated rings. The number of carbonyl (C=O) groups is 1. The number of nitrogens with zero attached hydrogens (tertiary/aromatic N) is 3. The lowest BCUT2D eigenvalue weighted by molar-refractivity contribution is 0.0746. The van der Waals surface area contributed by atoms with Gasteiger partial charge in [-0.1, -0.05) is 18.2 Å². The molecule has 0 aliphatic carbocycles. The van der Waals surface area contributed by atoms with Crippen LogP contribution in [0.25, 0.3) is 0 Å². The third-order valence-corrected chi connectivity index (χ3v) is 4.13. The quantitative estimate of drug-likeness (QED) is 0.785. The molecule has 1 aromatic heterocycles. The summed E-state index contributed by atoms with van der Waals surface area (Å²) in [5.74, 6) is 0.0581. The SMILES string of the molecule is O=C(c1ccc(Br)nc1)N1CCN(c2ccccc2)CC1. The molecule has 1 aromatic carbocycles. The number of carbonyl (C=O) groups excluding carboxylic acids is 1. The highest BCUT2D eigenvalue weighted by Gasteiger charge is 2.22. The number of anilines is 1. The normalized spacial score (nSPS) is 15.1. The van der Waals surface area contributed by atoms with Crippen molar-refractivity contribution in [3.05, 3.63) is 58.8 Å². The Bertz CT molecular complexity index is 607. The molecule has 1 saturated heterocycles. The van der Waals surface area contributed by atoms with Crippen molar-refractivity contribution < 1.29 is 4.79 Å². The fraction of sp³-hybridized carbons (Fsp3) is 0.250. The van der Waals surface area contributed by atoms with Gasteiger partial charge in [-0.2, -0.15) is 0 Å². The van der Waals surface area contributed by atoms with Crippen molar-refractivity contribution in [1.82, 2.24) is 9.88 Å². The maximum atomic E-state index is 12.4. The first kappa shape index (κ1) is 14.1. The van der Waals surface area contributed by atoms with E-state index in [-0.39, 0.29) is 5.91 Å². The summed E-state index contributed by atoms with van der Waals surface area (Å²) in [5.41, 5.74) is 1.86. The molecule has 2 heterocycles. The summed E-state index contributed by atoms with van der Waals surface area (Å²) in [6.45, 7) is 3.20. The fourth-order valence-corrected chi connectivity index (χ4v) is 2.73. The summed E-state index contributed by atoms with van der Waals surface area (Å²) in [4.78, 5) is 20.7. The molecule has 0 unspecified atom stereocenters. The van der Waals surface area contributed by atoms with Crippen LogP contribution in [0.2, 0.25) is 0 Å². The van der Waals surface area contributed by atoms with Gasteiger partial charge in [0, 0.05) is 38.1 Å². The summed E-state index contributed by atoms with van der Waals surface area (Å²) in [6, 6.07) is 13.9. The Kier molecular flexibility index (Phi) is 4.20. The van der Waals surface area contributed by atoms with Crippen LogP contribution in [0.15, 0.2) is 53.3 Å². The van der Waals surface area contributed by atoms with E-state index >= 15 is 0 Å². The molecule has 0 spiro atoms. The van der Waals surface area contributed by atoms with Crippen LogP contribution in [0.5, 0.6) is 0 Å². The number of para-hydroxylation sites is 1. The summed E-state index contributed by atoms with van der Waals surface area (Å²) >= 11 is 3.28. The summed E-state index contributed by atoms with van der Waals surface area (Å²) < 4.78 is 0.743. The summed E-state index contributed by atoms with van der Waals surface area (Å²) in [6.07, 6.45) is 1.62. The second-order valence-electron chi connectivity index (χ2n) is 4.98. The molecule has 0 N–H and O–H groups in total. The Morgan fingerprint density at radius 1 is 1.00 bits per heavy atom. The average Bonchev–Trinajstić information content (AvgIpc) is 2.56. The molecule has 108 valence electrons. The third-order valence-electron chi connectivity index (χ3n) is 3.66. The largest absolute Gasteiger partial charge is 0.368 e. The maximum Gasteiger partial charge on any atom is 0.255 e. The number of aromatic nitrogens is 1. The van der Waals surface area contributed by atoms with Crippen LogP contribution in [0.4, 0.5) is 5.69 Å². The zero-order chi connectivity index (χ0) is 14.7. The third kappa shape index (κ3) is 3.24. The van der Waals surface area contributed by atoms with Crippen LogP contribution in [0.3, 0.4) is 0 Å². The second-order valence-corrected chi connectivity index (χ2v) is 5.80. The predicted octanol–water partition coefficient (Wildman–Crippen LogP) is 2.81. The van der Waals surface area contributed by atoms with Crippen molar-refractivity contribution in [3.8, 4) is 0 Å². The number of halogens is 1. The molecule has 0 bridgehead atoms. The average molecular weight is 346 g/mol. The molecule has 0 radical (unpaired) electrons. The van der Waals surface area contributed by atoms with E-state index in [0.717, 1.165) is 30.8 Å². The van der Waals surface area contributed by atoms with Gasteiger partial charge >= 0.3 is 0 Å². The molecule has 1 amide bonds. The Hall–Kier alpha value is -1.88. The molecular formula is C16H16BrN3O. The van der Waals surface area contributed by atoms with E-state index in [1.54, 1.807) is 12.3 Å². The topological polar surface area (TPSA) is 36.4 Å². The van der Waals surface area contributed by atoms with Crippen molar-refractivity contribution >= 4 is 27.5 Å². The molecule has 3 rings (SSSR count). The summed E-state index contributed by atoms with van der Waals surface area (Å²) in [7, 11) is 0. The molecular weight excluding hydrogens is 330 g/mol. The number of amides is 1. The highest BCUT2D eigenvalue weighted by molar-refractivity contribution is 9.10. The van der Waals surface area contributed by atoms with E-state index in [0.29, 0.717) is 5.56 Å². The highest BCUT2D eigenvalue weighted by Crippen LogP contribution is 2.17. The first-order valence-corrected chi connectivity index (χ1v) is 7.74. The van der Waals surface area contributed by atoms with Gasteiger partial charge in [-0.3, -0.25) is 4.79 Å². The van der Waals surface area contributed by atoms with Gasteiger partial charge in [-0.15, -0.1) is 0 Å². The van der Waals surface area contributed by atoms with Crippen molar-refractivity contribution in [2.24, 2.45) is 0 Å². The van der Waals surface area contributed by atoms with Gasteiger partial charge in [0.05, 0.1) is 5.56 Å². The van der Waals surface area contributed by atoms with Gasteiger partial charge in [0.1, 0.15) is 4.60 Å². The van der Waals surface area contributed by atoms with Gasteiger partial charge < -0.3 is 9.80 Å². The van der Waals surface area contributed by atoms with E-state index in [4.69, 9.17) is 0 Å². The smallest absolute Gasteiger partial charge is 0.255 e. The fourth-order valence-electron chi connectivity index (χ4n) is 2.49. The minimum atomic E-state index is 0.0581. The van der Waals surface area contributed by atoms with E-state index in [1.165, 1.54) is 5.69 Å². The number of rotatable bonds is 2. The van der Waals surface area contributed by atoms with Crippen LogP contribution < -0.4 is 4.90 Å². The van der Waals surface area contributed by atoms with E-state index in [2.05, 4.69) is 37.9 Å². The van der Waals surface area contributed by atoms with Gasteiger partial charge in [-0.25, -0.2) is 4.98 Å². The zero-order valence-electron chi connectivity index (χ0n) is 11.6. The maximum absolute atomic E-state index is 12.4. The number of hydrogen-bond acceptors (Lipinski definition) is 3. The standard InChI is InChI=1S/C16H16BrN3O/c17-15-7-6-13(12-18-15)16(21)20-10-8-19(9-11-20)14-4-2-1-3-5-14/h1-7,12H,8-11H2. The van der Waals surface area contributed by atoms with Crippen molar-refractivity contribution in [1.29, 1.82) is 0 Å². The molecule has 0 atom stereocenters. The summed E-state index contributed by atoms with van der Waals surface area (Å²) in [5, 5.41) is 0. The number of piperazine rings is 1. The second kappa shape index (κ2) is 6.26. The van der Waals surface area contributed by atoms with Gasteiger partial charge in [0.2, 0.25) is 0 Å². The van der Waals surface area contributed by atoms with E-state index in [9.17, 15) is 4.79 Å². The number of benzene rings is 1. The Morgan fingerprint density at radius 2 is 1.71 bits per heavy atom. The lowest BCUT2D eigenvalue weighted by Crippen LogP contribution is -2.48. The van der Waals surface area contributed by atoms with Crippen molar-refractivity contribution in [2.75, 3.05) is 31.1 Å². The first-order chi connectivity index (χ1) is 10.2. The Labute approximate surface area is 132 Å². The van der Waals surface area contributed by atoms with E-state index < -0.39 is 0 Å². The van der Waals surface area contributed by atoms with Crippen LogP contribution in [0, 0.1) is 0 Å². The molecule has 5 heteroatoms. The lowest BCUT2D eigenvalue weighted by Gasteiger charge is -2.36. The van der Waals surface area contributed by atoms with Crippen LogP contribution in [-0.2, 0) is 0 Å². The van der Waals surface area contributed by atoms with Crippen molar-refractivity contribution in [2.45, 2.75) is 0 Å². The van der Waals surface area contributed by atoms with Gasteiger partial charge in [0.15, 0.2) is 0 Å². The molecule has 4 nitrogen and oxygen atoms in total. The predicted molar refractivity (Wildman–Crippen MR) is 86.5 cm³/mol. The van der Waals surface area contributed by atoms with Crippen LogP contribution in [-0.4, -0.2) is 42.0 Å². The Morgan fingerprint density at radius 3 is 2.33 bits per heavy atom. The highest BCUT2D eigenvalue weighted by atomic mass is 79.9. The first-order valence-electron chi connectivity index (χ1n) is 6.95. The monoisotopic (exact) mass is 345 g/mol. The molecule has 2 aromatic rings. The molecule has 1 aliphatic heterocycles. The van der Waals surface area contributed by atoms with Crippen molar-refractivity contribution in [3.63, 3.8) is 0 Å². The molecule has 0 saturated carbocycles. The zero-order valence-corrected chi connectivity index (χ0v) is 13.2. The number of pyridine rings is 1. The van der Waals surface area contributed by atoms with E-state index in [1.807, 2.05) is 29.2 Å². The Balaban J connectivity index is 1.63. The molecule has 21 heavy (non-hydrogen) atoms. The lowest BCUT2D eigenvalue weighted by atomic mass is 10.2. The number of hydrogen-bond donors (Lipinski definition) is 0.